The van der Waals surface area contributed by atoms with Gasteiger partial charge >= 0.3 is 0 Å². The summed E-state index contributed by atoms with van der Waals surface area (Å²) in [4.78, 5) is 15.3. The van der Waals surface area contributed by atoms with Crippen LogP contribution in [0.25, 0.3) is 90.9 Å². The van der Waals surface area contributed by atoms with Crippen LogP contribution in [0.1, 0.15) is 22.8 Å². The summed E-state index contributed by atoms with van der Waals surface area (Å²) in [5, 5.41) is 0. The zero-order chi connectivity index (χ0) is 43.7. The molecule has 7 aromatic rings. The summed E-state index contributed by atoms with van der Waals surface area (Å²) in [7, 11) is 2.86. The Kier molecular flexibility index (Phi) is 9.72. The standard InChI is InChI=1S/C46H24F10N4O2/c1-61-21-7-3-19(4-8-21)31-23-11-15-27(57-23)33(35-37(47)41(51)45(55)42(52)38(35)48)29-17-13-25(59-29)32(20-5-9-22(62-2)10-6-20)26-14-18-30(60-26)34(28-16-12-24(31)58-28)36-39(49)43(53)46(56)44(54)40(36)50/h3-18,57-58H,1-2H3. The second kappa shape index (κ2) is 15.1. The van der Waals surface area contributed by atoms with Gasteiger partial charge in [0.05, 0.1) is 48.1 Å². The fourth-order valence-electron chi connectivity index (χ4n) is 7.50. The molecule has 9 rings (SSSR count). The first-order valence-corrected chi connectivity index (χ1v) is 18.3. The van der Waals surface area contributed by atoms with Crippen molar-refractivity contribution in [2.45, 2.75) is 0 Å². The number of halogens is 10. The Morgan fingerprint density at radius 1 is 0.323 bits per heavy atom. The van der Waals surface area contributed by atoms with Gasteiger partial charge in [-0.25, -0.2) is 53.9 Å². The third-order valence-corrected chi connectivity index (χ3v) is 10.4. The average molecular weight is 855 g/mol. The second-order valence-electron chi connectivity index (χ2n) is 13.8. The number of hydrogen-bond donors (Lipinski definition) is 2. The van der Waals surface area contributed by atoms with E-state index in [2.05, 4.69) is 19.9 Å². The number of aromatic nitrogens is 4. The molecule has 0 amide bonds. The molecule has 16 heteroatoms. The minimum atomic E-state index is -2.37. The lowest BCUT2D eigenvalue weighted by molar-refractivity contribution is 0.381. The zero-order valence-corrected chi connectivity index (χ0v) is 31.7. The highest BCUT2D eigenvalue weighted by Crippen LogP contribution is 2.42. The molecule has 0 saturated heterocycles. The first-order chi connectivity index (χ1) is 29.8. The zero-order valence-electron chi connectivity index (χ0n) is 31.7. The quantitative estimate of drug-likeness (QED) is 0.0992. The van der Waals surface area contributed by atoms with Crippen molar-refractivity contribution in [2.24, 2.45) is 0 Å². The molecule has 62 heavy (non-hydrogen) atoms. The van der Waals surface area contributed by atoms with Gasteiger partial charge in [-0.1, -0.05) is 24.3 Å². The number of ether oxygens (including phenoxy) is 2. The maximum Gasteiger partial charge on any atom is 0.200 e. The molecule has 0 spiro atoms. The number of nitrogens with one attached hydrogen (secondary N) is 2. The summed E-state index contributed by atoms with van der Waals surface area (Å²) in [6.45, 7) is 0. The van der Waals surface area contributed by atoms with Crippen molar-refractivity contribution in [1.29, 1.82) is 0 Å². The van der Waals surface area contributed by atoms with Gasteiger partial charge in [-0.3, -0.25) is 0 Å². The van der Waals surface area contributed by atoms with E-state index in [1.807, 2.05) is 0 Å². The van der Waals surface area contributed by atoms with E-state index in [1.54, 1.807) is 48.5 Å². The minimum absolute atomic E-state index is 0.0282. The number of H-pyrrole nitrogens is 2. The number of nitrogens with zero attached hydrogens (tertiary/aromatic N) is 2. The molecule has 0 radical (unpaired) electrons. The van der Waals surface area contributed by atoms with Gasteiger partial charge in [0.25, 0.3) is 0 Å². The number of benzene rings is 4. The van der Waals surface area contributed by atoms with Gasteiger partial charge in [-0.05, 0) is 84.0 Å². The summed E-state index contributed by atoms with van der Waals surface area (Å²) in [6, 6.07) is 18.3. The Bertz CT molecular complexity index is 3040. The molecule has 2 N–H and O–H groups in total. The molecule has 4 aromatic carbocycles. The first-order valence-electron chi connectivity index (χ1n) is 18.3. The fourth-order valence-corrected chi connectivity index (χ4v) is 7.50. The van der Waals surface area contributed by atoms with Crippen molar-refractivity contribution in [3.8, 4) is 56.0 Å². The Labute approximate surface area is 343 Å². The van der Waals surface area contributed by atoms with E-state index in [1.165, 1.54) is 62.8 Å². The largest absolute Gasteiger partial charge is 0.497 e. The van der Waals surface area contributed by atoms with E-state index in [9.17, 15) is 26.3 Å². The monoisotopic (exact) mass is 854 g/mol. The molecular formula is C46H24F10N4O2. The fraction of sp³-hybridized carbons (Fsp3) is 0.0435. The lowest BCUT2D eigenvalue weighted by Gasteiger charge is -2.11. The molecule has 0 unspecified atom stereocenters. The summed E-state index contributed by atoms with van der Waals surface area (Å²) >= 11 is 0. The van der Waals surface area contributed by atoms with E-state index in [4.69, 9.17) is 9.47 Å². The number of hydrogen-bond acceptors (Lipinski definition) is 4. The SMILES string of the molecule is COc1ccc(-c2c3nc(c(-c4c(F)c(F)c(F)c(F)c4F)c4ccc([nH]4)c(-c4ccc(OC)cc4)c4ccc([nH]4)c(-c4c(F)c(F)c(F)c(F)c4F)c4nc2C=C4)C=C3)cc1. The van der Waals surface area contributed by atoms with Crippen LogP contribution in [-0.4, -0.2) is 34.2 Å². The van der Waals surface area contributed by atoms with Crippen LogP contribution < -0.4 is 9.47 Å². The molecule has 2 aliphatic heterocycles. The van der Waals surface area contributed by atoms with Gasteiger partial charge in [0.15, 0.2) is 46.5 Å². The van der Waals surface area contributed by atoms with Gasteiger partial charge < -0.3 is 19.4 Å². The van der Waals surface area contributed by atoms with Crippen molar-refractivity contribution in [3.05, 3.63) is 154 Å². The van der Waals surface area contributed by atoms with Gasteiger partial charge in [0, 0.05) is 44.3 Å². The molecule has 3 aromatic heterocycles. The predicted octanol–water partition coefficient (Wildman–Crippen LogP) is 12.7. The van der Waals surface area contributed by atoms with Crippen LogP contribution in [0.15, 0.2) is 72.8 Å². The van der Waals surface area contributed by atoms with E-state index in [0.29, 0.717) is 22.6 Å². The molecular weight excluding hydrogens is 831 g/mol. The van der Waals surface area contributed by atoms with Crippen LogP contribution in [0.3, 0.4) is 0 Å². The van der Waals surface area contributed by atoms with Crippen LogP contribution in [0.5, 0.6) is 11.5 Å². The van der Waals surface area contributed by atoms with E-state index < -0.39 is 80.4 Å². The molecule has 8 bridgehead atoms. The van der Waals surface area contributed by atoms with Crippen LogP contribution in [0.2, 0.25) is 0 Å². The lowest BCUT2D eigenvalue weighted by Crippen LogP contribution is -2.05. The van der Waals surface area contributed by atoms with Crippen molar-refractivity contribution in [2.75, 3.05) is 14.2 Å². The van der Waals surface area contributed by atoms with Crippen LogP contribution in [0.4, 0.5) is 43.9 Å². The number of fused-ring (bicyclic) bond motifs is 8. The Hall–Kier alpha value is -7.62. The third kappa shape index (κ3) is 6.28. The highest BCUT2D eigenvalue weighted by atomic mass is 19.2. The summed E-state index contributed by atoms with van der Waals surface area (Å²) in [5.41, 5.74) is -2.84. The summed E-state index contributed by atoms with van der Waals surface area (Å²) in [5.74, 6) is -21.2. The molecule has 6 nitrogen and oxygen atoms in total. The van der Waals surface area contributed by atoms with Crippen molar-refractivity contribution in [1.82, 2.24) is 19.9 Å². The predicted molar refractivity (Wildman–Crippen MR) is 213 cm³/mol. The van der Waals surface area contributed by atoms with Crippen molar-refractivity contribution in [3.63, 3.8) is 0 Å². The van der Waals surface area contributed by atoms with Crippen molar-refractivity contribution >= 4 is 46.4 Å². The topological polar surface area (TPSA) is 75.8 Å². The second-order valence-corrected chi connectivity index (χ2v) is 13.8. The molecule has 310 valence electrons. The van der Waals surface area contributed by atoms with Crippen molar-refractivity contribution < 1.29 is 53.4 Å². The summed E-state index contributed by atoms with van der Waals surface area (Å²) < 4.78 is 163. The molecule has 0 atom stereocenters. The Morgan fingerprint density at radius 3 is 0.919 bits per heavy atom. The van der Waals surface area contributed by atoms with Crippen LogP contribution in [0, 0.1) is 58.2 Å². The third-order valence-electron chi connectivity index (χ3n) is 10.4. The smallest absolute Gasteiger partial charge is 0.200 e. The number of methoxy groups -OCH3 is 2. The van der Waals surface area contributed by atoms with E-state index in [-0.39, 0.29) is 56.0 Å². The number of aromatic amines is 2. The van der Waals surface area contributed by atoms with Gasteiger partial charge in [-0.2, -0.15) is 0 Å². The molecule has 0 aliphatic carbocycles. The normalized spacial score (nSPS) is 12.1. The van der Waals surface area contributed by atoms with Gasteiger partial charge in [0.2, 0.25) is 11.6 Å². The number of rotatable bonds is 6. The van der Waals surface area contributed by atoms with Crippen LogP contribution >= 0.6 is 0 Å². The van der Waals surface area contributed by atoms with Gasteiger partial charge in [-0.15, -0.1) is 0 Å². The molecule has 0 saturated carbocycles. The lowest BCUT2D eigenvalue weighted by atomic mass is 10.0. The van der Waals surface area contributed by atoms with Crippen LogP contribution in [-0.2, 0) is 0 Å². The maximum atomic E-state index is 15.9. The molecule has 5 heterocycles. The van der Waals surface area contributed by atoms with E-state index in [0.717, 1.165) is 0 Å². The Morgan fingerprint density at radius 2 is 0.597 bits per heavy atom. The highest BCUT2D eigenvalue weighted by molar-refractivity contribution is 6.00. The average Bonchev–Trinajstić information content (AvgIpc) is 4.14. The van der Waals surface area contributed by atoms with Gasteiger partial charge in [0.1, 0.15) is 11.5 Å². The first kappa shape index (κ1) is 39.8. The maximum absolute atomic E-state index is 15.9. The van der Waals surface area contributed by atoms with E-state index >= 15 is 17.6 Å². The Balaban J connectivity index is 1.52. The molecule has 0 fully saturated rings. The summed E-state index contributed by atoms with van der Waals surface area (Å²) in [6.07, 6.45) is 5.34. The molecule has 2 aliphatic rings. The minimum Gasteiger partial charge on any atom is -0.497 e. The highest BCUT2D eigenvalue weighted by Gasteiger charge is 2.32.